The van der Waals surface area contributed by atoms with Crippen molar-refractivity contribution < 1.29 is 13.9 Å². The second-order valence-corrected chi connectivity index (χ2v) is 4.79. The molecular formula is C15H22O3. The van der Waals surface area contributed by atoms with Crippen LogP contribution in [0.3, 0.4) is 0 Å². The van der Waals surface area contributed by atoms with E-state index < -0.39 is 0 Å². The average Bonchev–Trinajstić information content (AvgIpc) is 2.69. The van der Waals surface area contributed by atoms with Crippen molar-refractivity contribution in [1.82, 2.24) is 0 Å². The minimum Gasteiger partial charge on any atom is -0.466 e. The fraction of sp³-hybridized carbons (Fsp3) is 0.600. The monoisotopic (exact) mass is 250 g/mol. The molecule has 0 fully saturated rings. The number of hydrogen-bond acceptors (Lipinski definition) is 3. The number of fused-ring (bicyclic) bond motifs is 2. The lowest BCUT2D eigenvalue weighted by Crippen LogP contribution is -2.13. The van der Waals surface area contributed by atoms with Crippen LogP contribution in [0.4, 0.5) is 0 Å². The highest BCUT2D eigenvalue weighted by Gasteiger charge is 2.12. The van der Waals surface area contributed by atoms with Crippen molar-refractivity contribution in [3.63, 3.8) is 0 Å². The summed E-state index contributed by atoms with van der Waals surface area (Å²) in [7, 11) is 1.65. The van der Waals surface area contributed by atoms with Crippen molar-refractivity contribution in [1.29, 1.82) is 0 Å². The van der Waals surface area contributed by atoms with E-state index >= 15 is 0 Å². The fourth-order valence-corrected chi connectivity index (χ4v) is 2.27. The number of ether oxygens (including phenoxy) is 2. The minimum absolute atomic E-state index is 0.122. The Morgan fingerprint density at radius 1 is 1.39 bits per heavy atom. The molecule has 0 aliphatic carbocycles. The number of methoxy groups -OCH3 is 1. The molecule has 0 saturated heterocycles. The normalized spacial score (nSPS) is 22.4. The number of allylic oxidation sites excluding steroid dienone is 1. The van der Waals surface area contributed by atoms with Crippen molar-refractivity contribution in [2.24, 2.45) is 0 Å². The molecule has 0 unspecified atom stereocenters. The maximum Gasteiger partial charge on any atom is 0.147 e. The third-order valence-corrected chi connectivity index (χ3v) is 3.27. The summed E-state index contributed by atoms with van der Waals surface area (Å²) in [6.07, 6.45) is 9.57. The Balaban J connectivity index is 2.03. The van der Waals surface area contributed by atoms with Gasteiger partial charge < -0.3 is 13.9 Å². The maximum atomic E-state index is 5.88. The van der Waals surface area contributed by atoms with Crippen molar-refractivity contribution in [3.8, 4) is 0 Å². The van der Waals surface area contributed by atoms with Gasteiger partial charge in [0.15, 0.2) is 0 Å². The Morgan fingerprint density at radius 3 is 3.11 bits per heavy atom. The summed E-state index contributed by atoms with van der Waals surface area (Å²) in [6, 6.07) is 2.16. The standard InChI is InChI=1S/C15H22O3/c1-12-10-14-9-8-13(17-11-16-2)6-4-3-5-7-15(12)18-14/h4,6,10,13H,3,5,7-9,11H2,1-2H3/b6-4-/t13-/m0/s1. The molecule has 100 valence electrons. The van der Waals surface area contributed by atoms with Crippen LogP contribution in [0, 0.1) is 6.92 Å². The van der Waals surface area contributed by atoms with Gasteiger partial charge in [-0.3, -0.25) is 0 Å². The summed E-state index contributed by atoms with van der Waals surface area (Å²) in [5.74, 6) is 2.22. The van der Waals surface area contributed by atoms with E-state index in [2.05, 4.69) is 25.1 Å². The predicted molar refractivity (Wildman–Crippen MR) is 70.6 cm³/mol. The van der Waals surface area contributed by atoms with Gasteiger partial charge in [-0.1, -0.05) is 12.2 Å². The Kier molecular flexibility index (Phi) is 5.02. The van der Waals surface area contributed by atoms with Crippen LogP contribution in [-0.2, 0) is 22.3 Å². The first-order valence-corrected chi connectivity index (χ1v) is 6.65. The Morgan fingerprint density at radius 2 is 2.28 bits per heavy atom. The first-order valence-electron chi connectivity index (χ1n) is 6.65. The van der Waals surface area contributed by atoms with Crippen LogP contribution < -0.4 is 0 Å². The van der Waals surface area contributed by atoms with Gasteiger partial charge in [0.2, 0.25) is 0 Å². The Bertz CT molecular complexity index is 392. The van der Waals surface area contributed by atoms with Gasteiger partial charge in [-0.25, -0.2) is 0 Å². The second-order valence-electron chi connectivity index (χ2n) is 4.79. The van der Waals surface area contributed by atoms with Gasteiger partial charge in [-0.15, -0.1) is 0 Å². The van der Waals surface area contributed by atoms with E-state index in [1.54, 1.807) is 7.11 Å². The predicted octanol–water partition coefficient (Wildman–Crippen LogP) is 3.40. The molecule has 1 atom stereocenters. The quantitative estimate of drug-likeness (QED) is 0.608. The van der Waals surface area contributed by atoms with Crippen molar-refractivity contribution >= 4 is 0 Å². The zero-order valence-corrected chi connectivity index (χ0v) is 11.3. The molecule has 0 radical (unpaired) electrons. The Labute approximate surface area is 109 Å². The summed E-state index contributed by atoms with van der Waals surface area (Å²) in [5.41, 5.74) is 1.28. The number of aryl methyl sites for hydroxylation is 3. The van der Waals surface area contributed by atoms with Gasteiger partial charge in [-0.2, -0.15) is 0 Å². The highest BCUT2D eigenvalue weighted by molar-refractivity contribution is 5.20. The van der Waals surface area contributed by atoms with Gasteiger partial charge in [-0.05, 0) is 37.8 Å². The van der Waals surface area contributed by atoms with Crippen molar-refractivity contribution in [2.75, 3.05) is 13.9 Å². The number of furan rings is 1. The molecule has 3 heteroatoms. The van der Waals surface area contributed by atoms with E-state index in [9.17, 15) is 0 Å². The molecule has 1 aromatic rings. The highest BCUT2D eigenvalue weighted by atomic mass is 16.7. The van der Waals surface area contributed by atoms with Crippen LogP contribution in [0.25, 0.3) is 0 Å². The average molecular weight is 250 g/mol. The first kappa shape index (κ1) is 13.4. The second kappa shape index (κ2) is 6.76. The molecule has 2 bridgehead atoms. The van der Waals surface area contributed by atoms with E-state index in [4.69, 9.17) is 13.9 Å². The van der Waals surface area contributed by atoms with Gasteiger partial charge in [0.05, 0.1) is 6.10 Å². The highest BCUT2D eigenvalue weighted by Crippen LogP contribution is 2.20. The van der Waals surface area contributed by atoms with Crippen LogP contribution in [0.2, 0.25) is 0 Å². The van der Waals surface area contributed by atoms with Crippen molar-refractivity contribution in [2.45, 2.75) is 45.1 Å². The summed E-state index contributed by atoms with van der Waals surface area (Å²) in [4.78, 5) is 0. The third kappa shape index (κ3) is 3.72. The van der Waals surface area contributed by atoms with E-state index in [-0.39, 0.29) is 6.10 Å². The summed E-state index contributed by atoms with van der Waals surface area (Å²) >= 11 is 0. The minimum atomic E-state index is 0.122. The van der Waals surface area contributed by atoms with Crippen LogP contribution in [0.15, 0.2) is 22.6 Å². The smallest absolute Gasteiger partial charge is 0.147 e. The molecule has 3 nitrogen and oxygen atoms in total. The van der Waals surface area contributed by atoms with E-state index in [0.717, 1.165) is 43.6 Å². The fourth-order valence-electron chi connectivity index (χ4n) is 2.27. The maximum absolute atomic E-state index is 5.88. The molecule has 0 amide bonds. The molecular weight excluding hydrogens is 228 g/mol. The van der Waals surface area contributed by atoms with E-state index in [1.165, 1.54) is 5.56 Å². The Hall–Kier alpha value is -1.06. The van der Waals surface area contributed by atoms with Crippen LogP contribution in [0.1, 0.15) is 36.3 Å². The van der Waals surface area contributed by atoms with Crippen LogP contribution in [-0.4, -0.2) is 20.0 Å². The zero-order valence-electron chi connectivity index (χ0n) is 11.3. The molecule has 2 rings (SSSR count). The van der Waals surface area contributed by atoms with Gasteiger partial charge in [0.1, 0.15) is 18.3 Å². The topological polar surface area (TPSA) is 31.6 Å². The SMILES string of the molecule is COCO[C@H]1/C=C\CCCc2oc(cc2C)CC1. The lowest BCUT2D eigenvalue weighted by Gasteiger charge is -2.12. The van der Waals surface area contributed by atoms with E-state index in [0.29, 0.717) is 6.79 Å². The molecule has 1 aromatic heterocycles. The summed E-state index contributed by atoms with van der Waals surface area (Å²) in [5, 5.41) is 0. The molecule has 0 spiro atoms. The molecule has 1 aliphatic heterocycles. The molecule has 18 heavy (non-hydrogen) atoms. The summed E-state index contributed by atoms with van der Waals surface area (Å²) < 4.78 is 16.5. The van der Waals surface area contributed by atoms with Crippen LogP contribution in [0.5, 0.6) is 0 Å². The molecule has 0 N–H and O–H groups in total. The first-order chi connectivity index (χ1) is 8.79. The zero-order chi connectivity index (χ0) is 12.8. The molecule has 0 saturated carbocycles. The van der Waals surface area contributed by atoms with E-state index in [1.807, 2.05) is 0 Å². The lowest BCUT2D eigenvalue weighted by molar-refractivity contribution is -0.0576. The van der Waals surface area contributed by atoms with Gasteiger partial charge >= 0.3 is 0 Å². The summed E-state index contributed by atoms with van der Waals surface area (Å²) in [6.45, 7) is 2.47. The third-order valence-electron chi connectivity index (χ3n) is 3.27. The molecule has 0 aromatic carbocycles. The lowest BCUT2D eigenvalue weighted by atomic mass is 10.1. The van der Waals surface area contributed by atoms with Crippen LogP contribution >= 0.6 is 0 Å². The largest absolute Gasteiger partial charge is 0.466 e. The van der Waals surface area contributed by atoms with Gasteiger partial charge in [0, 0.05) is 20.0 Å². The molecule has 2 heterocycles. The van der Waals surface area contributed by atoms with Crippen molar-refractivity contribution in [3.05, 3.63) is 35.3 Å². The molecule has 1 aliphatic rings. The number of hydrogen-bond donors (Lipinski definition) is 0. The van der Waals surface area contributed by atoms with Gasteiger partial charge in [0.25, 0.3) is 0 Å². The number of rotatable bonds is 3.